The predicted molar refractivity (Wildman–Crippen MR) is 89.6 cm³/mol. The molecule has 0 spiro atoms. The standard InChI is InChI=1S/C18H33N3/c1-15(2)19-12-11-18(3,4)14-16-10-13-21(20-16)17-8-6-5-7-9-17/h10,13,15,17,19H,5-9,11-12,14H2,1-4H3. The summed E-state index contributed by atoms with van der Waals surface area (Å²) >= 11 is 0. The Morgan fingerprint density at radius 1 is 1.29 bits per heavy atom. The maximum absolute atomic E-state index is 4.86. The molecule has 3 heteroatoms. The van der Waals surface area contributed by atoms with Crippen molar-refractivity contribution < 1.29 is 0 Å². The van der Waals surface area contributed by atoms with Gasteiger partial charge in [-0.25, -0.2) is 0 Å². The monoisotopic (exact) mass is 291 g/mol. The summed E-state index contributed by atoms with van der Waals surface area (Å²) in [6.45, 7) is 10.2. The van der Waals surface area contributed by atoms with E-state index in [0.29, 0.717) is 17.5 Å². The van der Waals surface area contributed by atoms with Crippen molar-refractivity contribution >= 4 is 0 Å². The van der Waals surface area contributed by atoms with E-state index in [0.717, 1.165) is 13.0 Å². The van der Waals surface area contributed by atoms with E-state index >= 15 is 0 Å². The highest BCUT2D eigenvalue weighted by Crippen LogP contribution is 2.29. The van der Waals surface area contributed by atoms with E-state index in [-0.39, 0.29) is 0 Å². The molecule has 1 fully saturated rings. The van der Waals surface area contributed by atoms with E-state index in [2.05, 4.69) is 50.0 Å². The number of nitrogens with one attached hydrogen (secondary N) is 1. The van der Waals surface area contributed by atoms with Crippen molar-refractivity contribution in [3.8, 4) is 0 Å². The first-order valence-electron chi connectivity index (χ1n) is 8.74. The van der Waals surface area contributed by atoms with E-state index in [1.54, 1.807) is 0 Å². The van der Waals surface area contributed by atoms with E-state index in [1.165, 1.54) is 44.2 Å². The molecule has 0 bridgehead atoms. The van der Waals surface area contributed by atoms with Crippen LogP contribution in [0.25, 0.3) is 0 Å². The molecular formula is C18H33N3. The maximum Gasteiger partial charge on any atom is 0.0630 e. The summed E-state index contributed by atoms with van der Waals surface area (Å²) in [6.07, 6.45) is 11.2. The molecule has 0 radical (unpaired) electrons. The molecule has 0 aromatic carbocycles. The minimum Gasteiger partial charge on any atom is -0.315 e. The zero-order valence-electron chi connectivity index (χ0n) is 14.4. The van der Waals surface area contributed by atoms with Gasteiger partial charge in [0.2, 0.25) is 0 Å². The molecule has 1 heterocycles. The van der Waals surface area contributed by atoms with Crippen molar-refractivity contribution in [1.29, 1.82) is 0 Å². The molecule has 0 saturated heterocycles. The van der Waals surface area contributed by atoms with Gasteiger partial charge >= 0.3 is 0 Å². The van der Waals surface area contributed by atoms with Crippen LogP contribution in [0.3, 0.4) is 0 Å². The van der Waals surface area contributed by atoms with Crippen LogP contribution in [0.15, 0.2) is 12.3 Å². The fourth-order valence-electron chi connectivity index (χ4n) is 3.30. The Balaban J connectivity index is 1.85. The van der Waals surface area contributed by atoms with E-state index in [9.17, 15) is 0 Å². The Bertz CT molecular complexity index is 414. The Labute approximate surface area is 130 Å². The van der Waals surface area contributed by atoms with Crippen molar-refractivity contribution in [2.75, 3.05) is 6.54 Å². The molecule has 1 aliphatic carbocycles. The van der Waals surface area contributed by atoms with Crippen molar-refractivity contribution in [2.45, 2.75) is 84.7 Å². The van der Waals surface area contributed by atoms with Gasteiger partial charge in [-0.3, -0.25) is 4.68 Å². The van der Waals surface area contributed by atoms with Crippen LogP contribution in [0.1, 0.15) is 78.0 Å². The first kappa shape index (κ1) is 16.5. The third kappa shape index (κ3) is 5.46. The largest absolute Gasteiger partial charge is 0.315 e. The molecule has 2 rings (SSSR count). The van der Waals surface area contributed by atoms with Gasteiger partial charge in [-0.05, 0) is 43.7 Å². The van der Waals surface area contributed by atoms with Crippen LogP contribution in [0.5, 0.6) is 0 Å². The highest BCUT2D eigenvalue weighted by Gasteiger charge is 2.21. The molecule has 1 saturated carbocycles. The van der Waals surface area contributed by atoms with Crippen molar-refractivity contribution in [3.63, 3.8) is 0 Å². The number of aromatic nitrogens is 2. The maximum atomic E-state index is 4.86. The van der Waals surface area contributed by atoms with Crippen LogP contribution < -0.4 is 5.32 Å². The lowest BCUT2D eigenvalue weighted by molar-refractivity contribution is 0.306. The van der Waals surface area contributed by atoms with Crippen LogP contribution in [0, 0.1) is 5.41 Å². The van der Waals surface area contributed by atoms with Gasteiger partial charge in [0.1, 0.15) is 0 Å². The number of hydrogen-bond acceptors (Lipinski definition) is 2. The molecule has 0 aliphatic heterocycles. The Kier molecular flexibility index (Phi) is 5.86. The lowest BCUT2D eigenvalue weighted by Crippen LogP contribution is -2.28. The topological polar surface area (TPSA) is 29.9 Å². The molecule has 0 atom stereocenters. The summed E-state index contributed by atoms with van der Waals surface area (Å²) < 4.78 is 2.23. The smallest absolute Gasteiger partial charge is 0.0630 e. The van der Waals surface area contributed by atoms with Crippen LogP contribution in [0.4, 0.5) is 0 Å². The van der Waals surface area contributed by atoms with Crippen LogP contribution in [-0.2, 0) is 6.42 Å². The summed E-state index contributed by atoms with van der Waals surface area (Å²) in [5.74, 6) is 0. The molecule has 120 valence electrons. The molecule has 0 amide bonds. The number of nitrogens with zero attached hydrogens (tertiary/aromatic N) is 2. The molecule has 1 aliphatic rings. The highest BCUT2D eigenvalue weighted by atomic mass is 15.3. The zero-order valence-corrected chi connectivity index (χ0v) is 14.4. The summed E-state index contributed by atoms with van der Waals surface area (Å²) in [6, 6.07) is 3.45. The average molecular weight is 291 g/mol. The summed E-state index contributed by atoms with van der Waals surface area (Å²) in [7, 11) is 0. The molecule has 0 unspecified atom stereocenters. The molecule has 1 aromatic rings. The third-order valence-corrected chi connectivity index (χ3v) is 4.63. The third-order valence-electron chi connectivity index (χ3n) is 4.63. The minimum absolute atomic E-state index is 0.313. The molecule has 21 heavy (non-hydrogen) atoms. The van der Waals surface area contributed by atoms with Gasteiger partial charge in [-0.2, -0.15) is 5.10 Å². The second kappa shape index (κ2) is 7.44. The highest BCUT2D eigenvalue weighted by molar-refractivity contribution is 5.03. The molecule has 3 nitrogen and oxygen atoms in total. The Hall–Kier alpha value is -0.830. The zero-order chi connectivity index (χ0) is 15.3. The summed E-state index contributed by atoms with van der Waals surface area (Å²) in [4.78, 5) is 0. The predicted octanol–water partition coefficient (Wildman–Crippen LogP) is 4.35. The molecule has 1 N–H and O–H groups in total. The van der Waals surface area contributed by atoms with Crippen LogP contribution in [-0.4, -0.2) is 22.4 Å². The van der Waals surface area contributed by atoms with E-state index in [4.69, 9.17) is 5.10 Å². The summed E-state index contributed by atoms with van der Waals surface area (Å²) in [5.41, 5.74) is 1.57. The van der Waals surface area contributed by atoms with Crippen molar-refractivity contribution in [1.82, 2.24) is 15.1 Å². The van der Waals surface area contributed by atoms with Gasteiger partial charge in [0.15, 0.2) is 0 Å². The Morgan fingerprint density at radius 2 is 2.00 bits per heavy atom. The first-order valence-corrected chi connectivity index (χ1v) is 8.74. The van der Waals surface area contributed by atoms with Gasteiger partial charge < -0.3 is 5.32 Å². The van der Waals surface area contributed by atoms with Crippen LogP contribution >= 0.6 is 0 Å². The van der Waals surface area contributed by atoms with Gasteiger partial charge in [-0.15, -0.1) is 0 Å². The molecular weight excluding hydrogens is 258 g/mol. The van der Waals surface area contributed by atoms with Crippen molar-refractivity contribution in [2.24, 2.45) is 5.41 Å². The summed E-state index contributed by atoms with van der Waals surface area (Å²) in [5, 5.41) is 8.38. The van der Waals surface area contributed by atoms with E-state index in [1.807, 2.05) is 0 Å². The number of hydrogen-bond donors (Lipinski definition) is 1. The first-order chi connectivity index (χ1) is 9.96. The SMILES string of the molecule is CC(C)NCCC(C)(C)Cc1ccn(C2CCCCC2)n1. The van der Waals surface area contributed by atoms with Gasteiger partial charge in [0.05, 0.1) is 11.7 Å². The fraction of sp³-hybridized carbons (Fsp3) is 0.833. The number of rotatable bonds is 7. The second-order valence-corrected chi connectivity index (χ2v) is 7.78. The van der Waals surface area contributed by atoms with E-state index < -0.39 is 0 Å². The minimum atomic E-state index is 0.313. The second-order valence-electron chi connectivity index (χ2n) is 7.78. The van der Waals surface area contributed by atoms with Crippen molar-refractivity contribution in [3.05, 3.63) is 18.0 Å². The van der Waals surface area contributed by atoms with Crippen LogP contribution in [0.2, 0.25) is 0 Å². The lowest BCUT2D eigenvalue weighted by atomic mass is 9.84. The lowest BCUT2D eigenvalue weighted by Gasteiger charge is -2.25. The average Bonchev–Trinajstić information content (AvgIpc) is 2.86. The van der Waals surface area contributed by atoms with Gasteiger partial charge in [-0.1, -0.05) is 47.0 Å². The Morgan fingerprint density at radius 3 is 2.67 bits per heavy atom. The quantitative estimate of drug-likeness (QED) is 0.809. The fourth-order valence-corrected chi connectivity index (χ4v) is 3.30. The van der Waals surface area contributed by atoms with Gasteiger partial charge in [0, 0.05) is 12.2 Å². The molecule has 1 aromatic heterocycles. The normalized spacial score (nSPS) is 17.6. The van der Waals surface area contributed by atoms with Gasteiger partial charge in [0.25, 0.3) is 0 Å².